The fourth-order valence-corrected chi connectivity index (χ4v) is 16.6. The van der Waals surface area contributed by atoms with Crippen molar-refractivity contribution in [3.63, 3.8) is 0 Å². The highest BCUT2D eigenvalue weighted by Crippen LogP contribution is 2.49. The largest absolute Gasteiger partial charge is 0.414 e. The lowest BCUT2D eigenvalue weighted by Crippen LogP contribution is -2.66. The van der Waals surface area contributed by atoms with E-state index in [-0.39, 0.29) is 22.2 Å². The van der Waals surface area contributed by atoms with Crippen LogP contribution < -0.4 is 0 Å². The molecule has 0 N–H and O–H groups in total. The fraction of sp³-hybridized carbons (Fsp3) is 0.909. The maximum atomic E-state index is 16.6. The van der Waals surface area contributed by atoms with Gasteiger partial charge in [-0.3, -0.25) is 0 Å². The number of ether oxygens (including phenoxy) is 1. The summed E-state index contributed by atoms with van der Waals surface area (Å²) in [6.45, 7) is 24.0. The molecule has 0 bridgehead atoms. The first-order chi connectivity index (χ1) is 14.0. The predicted octanol–water partition coefficient (Wildman–Crippen LogP) is 4.89. The van der Waals surface area contributed by atoms with Crippen LogP contribution in [0, 0.1) is 11.5 Å². The first-order valence-electron chi connectivity index (χ1n) is 11.9. The van der Waals surface area contributed by atoms with Crippen LogP contribution in [0.2, 0.25) is 41.8 Å². The van der Waals surface area contributed by atoms with Crippen LogP contribution in [0.1, 0.15) is 55.4 Å². The number of rotatable bonds is 4. The van der Waals surface area contributed by atoms with E-state index in [9.17, 15) is 0 Å². The summed E-state index contributed by atoms with van der Waals surface area (Å²) in [4.78, 5) is 0. The summed E-state index contributed by atoms with van der Waals surface area (Å²) < 4.78 is 43.5. The van der Waals surface area contributed by atoms with Gasteiger partial charge in [-0.2, -0.15) is 0 Å². The van der Waals surface area contributed by atoms with Crippen molar-refractivity contribution >= 4 is 33.0 Å². The van der Waals surface area contributed by atoms with E-state index in [1.165, 1.54) is 0 Å². The van der Waals surface area contributed by atoms with Crippen LogP contribution in [0.3, 0.4) is 0 Å². The number of alkyl halides is 1. The maximum Gasteiger partial charge on any atom is 0.335 e. The summed E-state index contributed by atoms with van der Waals surface area (Å²) in [6.07, 6.45) is -1.28. The highest BCUT2D eigenvalue weighted by molar-refractivity contribution is 6.84. The van der Waals surface area contributed by atoms with Crippen LogP contribution in [0.5, 0.6) is 0 Å². The molecule has 178 valence electrons. The molecular formula is C22H44BFO4Si3. The molecule has 0 saturated carbocycles. The molecule has 9 heteroatoms. The minimum atomic E-state index is -2.90. The molecule has 0 unspecified atom stereocenters. The molecule has 2 heterocycles. The number of halogens is 1. The highest BCUT2D eigenvalue weighted by atomic mass is 28.5. The molecule has 2 aliphatic heterocycles. The van der Waals surface area contributed by atoms with Crippen molar-refractivity contribution in [2.24, 2.45) is 0 Å². The second kappa shape index (κ2) is 9.36. The molecule has 2 aliphatic rings. The van der Waals surface area contributed by atoms with Crippen molar-refractivity contribution in [3.8, 4) is 11.5 Å². The van der Waals surface area contributed by atoms with Gasteiger partial charge < -0.3 is 17.7 Å². The van der Waals surface area contributed by atoms with Crippen molar-refractivity contribution in [1.29, 1.82) is 0 Å². The Kier molecular flexibility index (Phi) is 8.24. The molecule has 0 aromatic carbocycles. The SMILES string of the molecule is B[C@@H]1O[C@@H]2CO[Si](C(C)C)(C(C)C)O[Si](C(C)C)(C(C)C)O[C@H]2[C@]1(F)C#C[Si](C)(C)C. The third kappa shape index (κ3) is 5.10. The first-order valence-corrected chi connectivity index (χ1v) is 19.4. The van der Waals surface area contributed by atoms with E-state index < -0.39 is 49.1 Å². The molecule has 0 radical (unpaired) electrons. The van der Waals surface area contributed by atoms with Crippen LogP contribution in [-0.4, -0.2) is 63.5 Å². The third-order valence-electron chi connectivity index (χ3n) is 6.67. The first kappa shape index (κ1) is 27.3. The lowest BCUT2D eigenvalue weighted by molar-refractivity contribution is -0.0312. The summed E-state index contributed by atoms with van der Waals surface area (Å²) in [5.74, 6) is 2.99. The second-order valence-electron chi connectivity index (χ2n) is 11.6. The van der Waals surface area contributed by atoms with Crippen molar-refractivity contribution in [1.82, 2.24) is 0 Å². The van der Waals surface area contributed by atoms with Crippen molar-refractivity contribution < 1.29 is 22.1 Å². The van der Waals surface area contributed by atoms with Crippen LogP contribution >= 0.6 is 0 Å². The fourth-order valence-electron chi connectivity index (χ4n) is 4.80. The Morgan fingerprint density at radius 1 is 0.935 bits per heavy atom. The zero-order valence-electron chi connectivity index (χ0n) is 21.8. The van der Waals surface area contributed by atoms with Gasteiger partial charge in [-0.25, -0.2) is 4.39 Å². The van der Waals surface area contributed by atoms with E-state index in [1.807, 2.05) is 0 Å². The number of hydrogen-bond donors (Lipinski definition) is 0. The van der Waals surface area contributed by atoms with E-state index in [2.05, 4.69) is 86.5 Å². The second-order valence-corrected chi connectivity index (χ2v) is 25.2. The lowest BCUT2D eigenvalue weighted by Gasteiger charge is -2.51. The van der Waals surface area contributed by atoms with Crippen molar-refractivity contribution in [3.05, 3.63) is 0 Å². The van der Waals surface area contributed by atoms with Crippen LogP contribution in [0.4, 0.5) is 4.39 Å². The van der Waals surface area contributed by atoms with E-state index in [0.717, 1.165) is 0 Å². The zero-order chi connectivity index (χ0) is 24.0. The minimum Gasteiger partial charge on any atom is -0.414 e. The molecular weight excluding hydrogens is 442 g/mol. The van der Waals surface area contributed by atoms with Crippen LogP contribution in [-0.2, 0) is 17.7 Å². The van der Waals surface area contributed by atoms with E-state index >= 15 is 4.39 Å². The summed E-state index contributed by atoms with van der Waals surface area (Å²) in [6, 6.07) is -0.673. The molecule has 31 heavy (non-hydrogen) atoms. The highest BCUT2D eigenvalue weighted by Gasteiger charge is 2.65. The maximum absolute atomic E-state index is 16.6. The molecule has 2 rings (SSSR count). The van der Waals surface area contributed by atoms with Crippen molar-refractivity contribution in [2.45, 2.75) is 121 Å². The Morgan fingerprint density at radius 2 is 1.42 bits per heavy atom. The summed E-state index contributed by atoms with van der Waals surface area (Å²) in [5.41, 5.74) is 2.16. The molecule has 0 aromatic heterocycles. The molecule has 0 amide bonds. The average Bonchev–Trinajstić information content (AvgIpc) is 2.82. The predicted molar refractivity (Wildman–Crippen MR) is 136 cm³/mol. The standard InChI is InChI=1S/C22H44BFO4Si3/c1-15(2)30(16(3)4)25-14-19-20(27-31(28-30,17(5)6)18(7)8)22(24,21(23)26-19)12-13-29(9,10)11/h15-21H,14,23H2,1-11H3/t19-,20-,21-,22-/m1/s1. The van der Waals surface area contributed by atoms with E-state index in [0.29, 0.717) is 6.61 Å². The van der Waals surface area contributed by atoms with Gasteiger partial charge in [-0.15, -0.1) is 5.54 Å². The Balaban J connectivity index is 2.65. The van der Waals surface area contributed by atoms with E-state index in [4.69, 9.17) is 17.7 Å². The van der Waals surface area contributed by atoms with Gasteiger partial charge in [0.1, 0.15) is 28.1 Å². The van der Waals surface area contributed by atoms with Crippen molar-refractivity contribution in [2.75, 3.05) is 6.61 Å². The lowest BCUT2D eigenvalue weighted by atomic mass is 9.82. The monoisotopic (exact) mass is 486 g/mol. The van der Waals surface area contributed by atoms with Gasteiger partial charge in [0.15, 0.2) is 0 Å². The third-order valence-corrected chi connectivity index (χ3v) is 17.8. The van der Waals surface area contributed by atoms with Crippen LogP contribution in [0.15, 0.2) is 0 Å². The number of fused-ring (bicyclic) bond motifs is 1. The molecule has 0 aliphatic carbocycles. The minimum absolute atomic E-state index is 0.143. The molecule has 2 fully saturated rings. The Labute approximate surface area is 194 Å². The quantitative estimate of drug-likeness (QED) is 0.419. The van der Waals surface area contributed by atoms with Gasteiger partial charge >= 0.3 is 17.1 Å². The average molecular weight is 487 g/mol. The molecule has 4 nitrogen and oxygen atoms in total. The van der Waals surface area contributed by atoms with Crippen LogP contribution in [0.25, 0.3) is 0 Å². The van der Waals surface area contributed by atoms with Gasteiger partial charge in [-0.05, 0) is 22.2 Å². The van der Waals surface area contributed by atoms with Gasteiger partial charge in [-0.1, -0.05) is 81.0 Å². The smallest absolute Gasteiger partial charge is 0.335 e. The normalized spacial score (nSPS) is 33.2. The Bertz CT molecular complexity index is 685. The number of hydrogen-bond acceptors (Lipinski definition) is 4. The summed E-state index contributed by atoms with van der Waals surface area (Å²) >= 11 is 0. The molecule has 4 atom stereocenters. The Hall–Kier alpha value is 0.0456. The van der Waals surface area contributed by atoms with Gasteiger partial charge in [0.2, 0.25) is 5.67 Å². The Morgan fingerprint density at radius 3 is 1.84 bits per heavy atom. The van der Waals surface area contributed by atoms with Gasteiger partial charge in [0.05, 0.1) is 12.6 Å². The van der Waals surface area contributed by atoms with E-state index in [1.54, 1.807) is 7.85 Å². The van der Waals surface area contributed by atoms with Gasteiger partial charge in [0.25, 0.3) is 0 Å². The zero-order valence-corrected chi connectivity index (χ0v) is 24.8. The van der Waals surface area contributed by atoms with Gasteiger partial charge in [0, 0.05) is 0 Å². The summed E-state index contributed by atoms with van der Waals surface area (Å²) in [5, 5.41) is 0. The summed E-state index contributed by atoms with van der Waals surface area (Å²) in [7, 11) is -5.55. The molecule has 0 aromatic rings. The molecule has 0 spiro atoms. The topological polar surface area (TPSA) is 36.9 Å². The molecule has 2 saturated heterocycles.